The quantitative estimate of drug-likeness (QED) is 0.508. The second-order valence-electron chi connectivity index (χ2n) is 6.19. The van der Waals surface area contributed by atoms with E-state index in [1.54, 1.807) is 23.3 Å². The molecule has 0 unspecified atom stereocenters. The minimum atomic E-state index is 0.0220. The maximum absolute atomic E-state index is 12.4. The molecule has 6 nitrogen and oxygen atoms in total. The zero-order chi connectivity index (χ0) is 18.6. The molecule has 0 fully saturated rings. The molecule has 0 aliphatic carbocycles. The van der Waals surface area contributed by atoms with Crippen LogP contribution < -0.4 is 0 Å². The number of amides is 1. The number of fused-ring (bicyclic) bond motifs is 1. The lowest BCUT2D eigenvalue weighted by Gasteiger charge is -2.14. The molecule has 27 heavy (non-hydrogen) atoms. The van der Waals surface area contributed by atoms with Gasteiger partial charge in [0.2, 0.25) is 17.7 Å². The topological polar surface area (TPSA) is 72.1 Å². The fourth-order valence-corrected chi connectivity index (χ4v) is 3.76. The van der Waals surface area contributed by atoms with Crippen LogP contribution in [0.1, 0.15) is 17.3 Å². The lowest BCUT2D eigenvalue weighted by molar-refractivity contribution is -0.130. The summed E-state index contributed by atoms with van der Waals surface area (Å²) in [4.78, 5) is 18.7. The molecule has 0 aliphatic rings. The van der Waals surface area contributed by atoms with Gasteiger partial charge in [0, 0.05) is 25.5 Å². The van der Waals surface area contributed by atoms with Crippen molar-refractivity contribution in [3.63, 3.8) is 0 Å². The molecular formula is C20H18N4O2S. The average molecular weight is 378 g/mol. The number of hydrogen-bond donors (Lipinski definition) is 0. The lowest BCUT2D eigenvalue weighted by Crippen LogP contribution is -2.26. The maximum atomic E-state index is 12.4. The first-order valence-corrected chi connectivity index (χ1v) is 9.47. The summed E-state index contributed by atoms with van der Waals surface area (Å²) in [5.74, 6) is 0.963. The summed E-state index contributed by atoms with van der Waals surface area (Å²) in [5, 5.41) is 9.02. The van der Waals surface area contributed by atoms with E-state index in [4.69, 9.17) is 4.42 Å². The van der Waals surface area contributed by atoms with E-state index in [9.17, 15) is 4.79 Å². The smallest absolute Gasteiger partial charge is 0.247 e. The van der Waals surface area contributed by atoms with Gasteiger partial charge in [0.1, 0.15) is 5.01 Å². The zero-order valence-electron chi connectivity index (χ0n) is 14.8. The molecule has 0 radical (unpaired) electrons. The molecule has 0 atom stereocenters. The van der Waals surface area contributed by atoms with Gasteiger partial charge in [-0.3, -0.25) is 4.79 Å². The van der Waals surface area contributed by atoms with Gasteiger partial charge in [-0.05, 0) is 24.3 Å². The maximum Gasteiger partial charge on any atom is 0.247 e. The van der Waals surface area contributed by atoms with Crippen LogP contribution in [0.3, 0.4) is 0 Å². The Labute approximate surface area is 160 Å². The Kier molecular flexibility index (Phi) is 4.93. The highest BCUT2D eigenvalue weighted by Crippen LogP contribution is 2.22. The van der Waals surface area contributed by atoms with E-state index >= 15 is 0 Å². The number of rotatable bonds is 6. The van der Waals surface area contributed by atoms with Gasteiger partial charge >= 0.3 is 0 Å². The van der Waals surface area contributed by atoms with Gasteiger partial charge in [-0.2, -0.15) is 0 Å². The van der Waals surface area contributed by atoms with Crippen molar-refractivity contribution >= 4 is 27.5 Å². The molecule has 4 rings (SSSR count). The van der Waals surface area contributed by atoms with E-state index < -0.39 is 0 Å². The summed E-state index contributed by atoms with van der Waals surface area (Å²) in [6.07, 6.45) is 0.737. The van der Waals surface area contributed by atoms with Gasteiger partial charge in [-0.25, -0.2) is 4.98 Å². The molecule has 0 bridgehead atoms. The first-order valence-electron chi connectivity index (χ1n) is 8.65. The predicted octanol–water partition coefficient (Wildman–Crippen LogP) is 3.94. The summed E-state index contributed by atoms with van der Waals surface area (Å²) < 4.78 is 6.79. The highest BCUT2D eigenvalue weighted by Gasteiger charge is 2.15. The molecular weight excluding hydrogens is 360 g/mol. The van der Waals surface area contributed by atoms with Crippen LogP contribution in [0.2, 0.25) is 0 Å². The third-order valence-electron chi connectivity index (χ3n) is 4.18. The van der Waals surface area contributed by atoms with Crippen LogP contribution in [0.15, 0.2) is 59.0 Å². The molecule has 0 saturated carbocycles. The number of para-hydroxylation sites is 1. The van der Waals surface area contributed by atoms with Crippen LogP contribution in [0.4, 0.5) is 0 Å². The Morgan fingerprint density at radius 1 is 1.07 bits per heavy atom. The first-order chi connectivity index (χ1) is 13.2. The Bertz CT molecular complexity index is 1020. The molecule has 0 aliphatic heterocycles. The molecule has 1 amide bonds. The summed E-state index contributed by atoms with van der Waals surface area (Å²) in [6.45, 7) is 0.497. The van der Waals surface area contributed by atoms with E-state index in [1.807, 2.05) is 54.6 Å². The Morgan fingerprint density at radius 3 is 2.67 bits per heavy atom. The molecule has 7 heteroatoms. The van der Waals surface area contributed by atoms with Crippen molar-refractivity contribution in [2.24, 2.45) is 0 Å². The molecule has 4 aromatic rings. The second-order valence-corrected chi connectivity index (χ2v) is 7.31. The minimum Gasteiger partial charge on any atom is -0.421 e. The molecule has 0 spiro atoms. The van der Waals surface area contributed by atoms with Crippen molar-refractivity contribution in [3.05, 3.63) is 65.5 Å². The number of nitrogens with zero attached hydrogens (tertiary/aromatic N) is 4. The Hall–Kier alpha value is -3.06. The standard InChI is InChI=1S/C20H18N4O2S/c1-24(13-18-21-15-9-5-6-10-16(15)27-18)19(25)12-11-17-22-23-20(26-17)14-7-3-2-4-8-14/h2-10H,11-13H2,1H3. The summed E-state index contributed by atoms with van der Waals surface area (Å²) in [7, 11) is 1.79. The van der Waals surface area contributed by atoms with E-state index in [0.29, 0.717) is 31.2 Å². The van der Waals surface area contributed by atoms with Crippen molar-refractivity contribution in [1.29, 1.82) is 0 Å². The van der Waals surface area contributed by atoms with Gasteiger partial charge in [0.05, 0.1) is 16.8 Å². The van der Waals surface area contributed by atoms with Crippen LogP contribution >= 0.6 is 11.3 Å². The number of thiazole rings is 1. The number of hydrogen-bond acceptors (Lipinski definition) is 6. The Morgan fingerprint density at radius 2 is 1.85 bits per heavy atom. The second kappa shape index (κ2) is 7.67. The summed E-state index contributed by atoms with van der Waals surface area (Å²) in [6, 6.07) is 17.6. The van der Waals surface area contributed by atoms with Crippen molar-refractivity contribution < 1.29 is 9.21 Å². The molecule has 2 aromatic heterocycles. The zero-order valence-corrected chi connectivity index (χ0v) is 15.6. The van der Waals surface area contributed by atoms with Gasteiger partial charge < -0.3 is 9.32 Å². The number of aromatic nitrogens is 3. The lowest BCUT2D eigenvalue weighted by atomic mass is 10.2. The summed E-state index contributed by atoms with van der Waals surface area (Å²) in [5.41, 5.74) is 1.84. The fourth-order valence-electron chi connectivity index (χ4n) is 2.74. The number of carbonyl (C=O) groups excluding carboxylic acids is 1. The van der Waals surface area contributed by atoms with Crippen LogP contribution in [-0.2, 0) is 17.8 Å². The van der Waals surface area contributed by atoms with E-state index in [-0.39, 0.29) is 5.91 Å². The summed E-state index contributed by atoms with van der Waals surface area (Å²) >= 11 is 1.61. The van der Waals surface area contributed by atoms with E-state index in [1.165, 1.54) is 0 Å². The average Bonchev–Trinajstić information content (AvgIpc) is 3.33. The highest BCUT2D eigenvalue weighted by atomic mass is 32.1. The number of carbonyl (C=O) groups is 1. The van der Waals surface area contributed by atoms with E-state index in [2.05, 4.69) is 15.2 Å². The third kappa shape index (κ3) is 4.03. The third-order valence-corrected chi connectivity index (χ3v) is 5.20. The van der Waals surface area contributed by atoms with Crippen LogP contribution in [0.25, 0.3) is 21.7 Å². The normalized spacial score (nSPS) is 11.0. The van der Waals surface area contributed by atoms with Crippen LogP contribution in [-0.4, -0.2) is 33.0 Å². The van der Waals surface area contributed by atoms with Crippen molar-refractivity contribution in [3.8, 4) is 11.5 Å². The number of aryl methyl sites for hydroxylation is 1. The minimum absolute atomic E-state index is 0.0220. The largest absolute Gasteiger partial charge is 0.421 e. The SMILES string of the molecule is CN(Cc1nc2ccccc2s1)C(=O)CCc1nnc(-c2ccccc2)o1. The van der Waals surface area contributed by atoms with Gasteiger partial charge in [0.15, 0.2) is 0 Å². The van der Waals surface area contributed by atoms with Crippen molar-refractivity contribution in [2.75, 3.05) is 7.05 Å². The predicted molar refractivity (Wildman–Crippen MR) is 104 cm³/mol. The molecule has 2 aromatic carbocycles. The Balaban J connectivity index is 1.34. The highest BCUT2D eigenvalue weighted by molar-refractivity contribution is 7.18. The van der Waals surface area contributed by atoms with Crippen molar-refractivity contribution in [2.45, 2.75) is 19.4 Å². The van der Waals surface area contributed by atoms with Gasteiger partial charge in [0.25, 0.3) is 0 Å². The van der Waals surface area contributed by atoms with Gasteiger partial charge in [-0.1, -0.05) is 30.3 Å². The fraction of sp³-hybridized carbons (Fsp3) is 0.200. The van der Waals surface area contributed by atoms with Crippen molar-refractivity contribution in [1.82, 2.24) is 20.1 Å². The first kappa shape index (κ1) is 17.4. The monoisotopic (exact) mass is 378 g/mol. The molecule has 2 heterocycles. The number of benzene rings is 2. The molecule has 136 valence electrons. The van der Waals surface area contributed by atoms with Crippen LogP contribution in [0.5, 0.6) is 0 Å². The van der Waals surface area contributed by atoms with Gasteiger partial charge in [-0.15, -0.1) is 21.5 Å². The molecule has 0 saturated heterocycles. The van der Waals surface area contributed by atoms with E-state index in [0.717, 1.165) is 20.8 Å². The van der Waals surface area contributed by atoms with Crippen LogP contribution in [0, 0.1) is 0 Å². The molecule has 0 N–H and O–H groups in total.